The van der Waals surface area contributed by atoms with E-state index in [4.69, 9.17) is 16.1 Å². The summed E-state index contributed by atoms with van der Waals surface area (Å²) in [5.41, 5.74) is 0.819. The molecule has 1 saturated heterocycles. The predicted molar refractivity (Wildman–Crippen MR) is 89.4 cm³/mol. The maximum atomic E-state index is 12.0. The van der Waals surface area contributed by atoms with Crippen LogP contribution in [0.1, 0.15) is 12.8 Å². The third kappa shape index (κ3) is 4.22. The third-order valence-electron chi connectivity index (χ3n) is 3.92. The van der Waals surface area contributed by atoms with Crippen molar-refractivity contribution in [3.63, 3.8) is 0 Å². The second kappa shape index (κ2) is 7.77. The highest BCUT2D eigenvalue weighted by Gasteiger charge is 2.28. The number of rotatable bonds is 5. The molecule has 2 aromatic rings. The molecule has 2 N–H and O–H groups in total. The van der Waals surface area contributed by atoms with Crippen LogP contribution in [0.25, 0.3) is 11.4 Å². The summed E-state index contributed by atoms with van der Waals surface area (Å²) < 4.78 is 5.16. The summed E-state index contributed by atoms with van der Waals surface area (Å²) in [5, 5.41) is 10.6. The van der Waals surface area contributed by atoms with Gasteiger partial charge in [-0.25, -0.2) is 0 Å². The Balaban J connectivity index is 0.00000192. The van der Waals surface area contributed by atoms with Crippen molar-refractivity contribution in [2.75, 3.05) is 13.1 Å². The number of nitrogens with one attached hydrogen (secondary N) is 2. The minimum Gasteiger partial charge on any atom is -0.347 e. The number of carbonyl (C=O) groups excluding carboxylic acids is 1. The molecule has 1 amide bonds. The van der Waals surface area contributed by atoms with E-state index in [9.17, 15) is 4.79 Å². The molecule has 0 bridgehead atoms. The lowest BCUT2D eigenvalue weighted by Gasteiger charge is -2.31. The highest BCUT2D eigenvalue weighted by atomic mass is 35.5. The lowest BCUT2D eigenvalue weighted by molar-refractivity contribution is -0.127. The Morgan fingerprint density at radius 2 is 2.13 bits per heavy atom. The molecule has 1 aromatic carbocycles. The van der Waals surface area contributed by atoms with Gasteiger partial charge in [-0.1, -0.05) is 23.7 Å². The first-order chi connectivity index (χ1) is 10.6. The standard InChI is InChI=1S/C15H17ClN4O2.ClH/c1-9(11-6-17-7-11)15(21)18-8-13-19-14(20-22-13)10-2-4-12(16)5-3-10;/h2-5,9,11,17H,6-8H2,1H3,(H,18,21);1H. The van der Waals surface area contributed by atoms with Gasteiger partial charge in [-0.2, -0.15) is 4.98 Å². The molecule has 124 valence electrons. The van der Waals surface area contributed by atoms with E-state index in [1.165, 1.54) is 0 Å². The van der Waals surface area contributed by atoms with Gasteiger partial charge in [0.1, 0.15) is 0 Å². The summed E-state index contributed by atoms with van der Waals surface area (Å²) in [6.07, 6.45) is 0. The molecular formula is C15H18Cl2N4O2. The number of aromatic nitrogens is 2. The van der Waals surface area contributed by atoms with Gasteiger partial charge in [0, 0.05) is 16.5 Å². The van der Waals surface area contributed by atoms with Gasteiger partial charge >= 0.3 is 0 Å². The lowest BCUT2D eigenvalue weighted by Crippen LogP contribution is -2.49. The number of carbonyl (C=O) groups is 1. The van der Waals surface area contributed by atoms with E-state index in [0.29, 0.717) is 22.7 Å². The van der Waals surface area contributed by atoms with E-state index in [2.05, 4.69) is 20.8 Å². The molecule has 0 radical (unpaired) electrons. The maximum Gasteiger partial charge on any atom is 0.246 e. The first kappa shape index (κ1) is 17.7. The number of benzene rings is 1. The van der Waals surface area contributed by atoms with Crippen LogP contribution >= 0.6 is 24.0 Å². The SMILES string of the molecule is CC(C(=O)NCc1nc(-c2ccc(Cl)cc2)no1)C1CNC1.Cl. The van der Waals surface area contributed by atoms with Gasteiger partial charge < -0.3 is 15.2 Å². The molecule has 3 rings (SSSR count). The normalized spacial score (nSPS) is 15.4. The molecule has 1 aliphatic heterocycles. The maximum absolute atomic E-state index is 12.0. The van der Waals surface area contributed by atoms with Crippen molar-refractivity contribution in [3.8, 4) is 11.4 Å². The molecule has 1 aromatic heterocycles. The smallest absolute Gasteiger partial charge is 0.246 e. The van der Waals surface area contributed by atoms with Gasteiger partial charge in [-0.05, 0) is 43.3 Å². The number of hydrogen-bond donors (Lipinski definition) is 2. The highest BCUT2D eigenvalue weighted by Crippen LogP contribution is 2.19. The van der Waals surface area contributed by atoms with Crippen LogP contribution in [0.5, 0.6) is 0 Å². The number of amides is 1. The molecule has 0 spiro atoms. The summed E-state index contributed by atoms with van der Waals surface area (Å²) in [6, 6.07) is 7.18. The molecule has 1 fully saturated rings. The van der Waals surface area contributed by atoms with Crippen LogP contribution in [-0.2, 0) is 11.3 Å². The second-order valence-corrected chi connectivity index (χ2v) is 5.88. The van der Waals surface area contributed by atoms with Gasteiger partial charge in [-0.15, -0.1) is 12.4 Å². The van der Waals surface area contributed by atoms with Gasteiger partial charge in [0.05, 0.1) is 6.54 Å². The van der Waals surface area contributed by atoms with E-state index in [-0.39, 0.29) is 30.8 Å². The third-order valence-corrected chi connectivity index (χ3v) is 4.17. The van der Waals surface area contributed by atoms with Gasteiger partial charge in [0.15, 0.2) is 0 Å². The number of halogens is 2. The predicted octanol–water partition coefficient (Wildman–Crippen LogP) is 2.28. The van der Waals surface area contributed by atoms with Crippen LogP contribution in [0, 0.1) is 11.8 Å². The zero-order valence-corrected chi connectivity index (χ0v) is 14.2. The first-order valence-electron chi connectivity index (χ1n) is 7.20. The van der Waals surface area contributed by atoms with E-state index in [1.54, 1.807) is 12.1 Å². The van der Waals surface area contributed by atoms with Crippen LogP contribution in [-0.4, -0.2) is 29.1 Å². The van der Waals surface area contributed by atoms with Gasteiger partial charge in [0.25, 0.3) is 0 Å². The van der Waals surface area contributed by atoms with E-state index in [1.807, 2.05) is 19.1 Å². The lowest BCUT2D eigenvalue weighted by atomic mass is 9.88. The average Bonchev–Trinajstić information content (AvgIpc) is 2.92. The van der Waals surface area contributed by atoms with Crippen molar-refractivity contribution in [2.24, 2.45) is 11.8 Å². The quantitative estimate of drug-likeness (QED) is 0.858. The monoisotopic (exact) mass is 356 g/mol. The fourth-order valence-electron chi connectivity index (χ4n) is 2.25. The van der Waals surface area contributed by atoms with Crippen LogP contribution in [0.3, 0.4) is 0 Å². The zero-order chi connectivity index (χ0) is 15.5. The Morgan fingerprint density at radius 1 is 1.43 bits per heavy atom. The summed E-state index contributed by atoms with van der Waals surface area (Å²) in [6.45, 7) is 3.98. The Morgan fingerprint density at radius 3 is 2.74 bits per heavy atom. The first-order valence-corrected chi connectivity index (χ1v) is 7.58. The Kier molecular flexibility index (Phi) is 5.98. The molecule has 1 atom stereocenters. The highest BCUT2D eigenvalue weighted by molar-refractivity contribution is 6.30. The molecule has 2 heterocycles. The second-order valence-electron chi connectivity index (χ2n) is 5.44. The van der Waals surface area contributed by atoms with Crippen LogP contribution in [0.4, 0.5) is 0 Å². The Hall–Kier alpha value is -1.63. The van der Waals surface area contributed by atoms with Crippen molar-refractivity contribution in [1.82, 2.24) is 20.8 Å². The molecule has 23 heavy (non-hydrogen) atoms. The van der Waals surface area contributed by atoms with Crippen molar-refractivity contribution in [2.45, 2.75) is 13.5 Å². The van der Waals surface area contributed by atoms with Gasteiger partial charge in [-0.3, -0.25) is 4.79 Å². The van der Waals surface area contributed by atoms with E-state index >= 15 is 0 Å². The summed E-state index contributed by atoms with van der Waals surface area (Å²) in [4.78, 5) is 16.3. The van der Waals surface area contributed by atoms with Crippen LogP contribution in [0.15, 0.2) is 28.8 Å². The molecule has 6 nitrogen and oxygen atoms in total. The fraction of sp³-hybridized carbons (Fsp3) is 0.400. The summed E-state index contributed by atoms with van der Waals surface area (Å²) >= 11 is 5.84. The van der Waals surface area contributed by atoms with Gasteiger partial charge in [0.2, 0.25) is 17.6 Å². The van der Waals surface area contributed by atoms with E-state index < -0.39 is 0 Å². The van der Waals surface area contributed by atoms with E-state index in [0.717, 1.165) is 18.7 Å². The van der Waals surface area contributed by atoms with Crippen molar-refractivity contribution in [3.05, 3.63) is 35.2 Å². The minimum absolute atomic E-state index is 0. The molecule has 8 heteroatoms. The summed E-state index contributed by atoms with van der Waals surface area (Å²) in [5.74, 6) is 1.28. The summed E-state index contributed by atoms with van der Waals surface area (Å²) in [7, 11) is 0. The molecule has 0 aliphatic carbocycles. The molecule has 1 unspecified atom stereocenters. The fourth-order valence-corrected chi connectivity index (χ4v) is 2.37. The Bertz CT molecular complexity index is 656. The molecule has 0 saturated carbocycles. The molecular weight excluding hydrogens is 339 g/mol. The number of hydrogen-bond acceptors (Lipinski definition) is 5. The molecule has 1 aliphatic rings. The van der Waals surface area contributed by atoms with Crippen LogP contribution in [0.2, 0.25) is 5.02 Å². The topological polar surface area (TPSA) is 80.1 Å². The van der Waals surface area contributed by atoms with Crippen LogP contribution < -0.4 is 10.6 Å². The number of nitrogens with zero attached hydrogens (tertiary/aromatic N) is 2. The average molecular weight is 357 g/mol. The zero-order valence-electron chi connectivity index (χ0n) is 12.6. The van der Waals surface area contributed by atoms with Crippen molar-refractivity contribution < 1.29 is 9.32 Å². The van der Waals surface area contributed by atoms with Crippen molar-refractivity contribution in [1.29, 1.82) is 0 Å². The van der Waals surface area contributed by atoms with Crippen molar-refractivity contribution >= 4 is 29.9 Å². The largest absolute Gasteiger partial charge is 0.347 e. The Labute approximate surface area is 145 Å². The minimum atomic E-state index is -0.0140.